The van der Waals surface area contributed by atoms with E-state index in [1.54, 1.807) is 12.3 Å². The number of nitrogens with one attached hydrogen (secondary N) is 2. The lowest BCUT2D eigenvalue weighted by molar-refractivity contribution is 0.0952. The van der Waals surface area contributed by atoms with Gasteiger partial charge in [-0.15, -0.1) is 0 Å². The molecular formula is C10H13BrN4O. The fourth-order valence-electron chi connectivity index (χ4n) is 1.38. The summed E-state index contributed by atoms with van der Waals surface area (Å²) >= 11 is 3.28. The molecule has 16 heavy (non-hydrogen) atoms. The van der Waals surface area contributed by atoms with Gasteiger partial charge in [0.15, 0.2) is 5.82 Å². The molecule has 0 bridgehead atoms. The normalized spacial score (nSPS) is 14.6. The summed E-state index contributed by atoms with van der Waals surface area (Å²) in [7, 11) is 0. The highest BCUT2D eigenvalue weighted by Crippen LogP contribution is 2.27. The van der Waals surface area contributed by atoms with Gasteiger partial charge < -0.3 is 10.7 Å². The van der Waals surface area contributed by atoms with Gasteiger partial charge in [0.1, 0.15) is 0 Å². The third-order valence-corrected chi connectivity index (χ3v) is 2.92. The van der Waals surface area contributed by atoms with Crippen molar-refractivity contribution in [2.75, 3.05) is 12.0 Å². The molecular weight excluding hydrogens is 272 g/mol. The van der Waals surface area contributed by atoms with Crippen LogP contribution in [0, 0.1) is 5.92 Å². The first kappa shape index (κ1) is 11.3. The van der Waals surface area contributed by atoms with E-state index in [0.29, 0.717) is 17.3 Å². The molecule has 5 nitrogen and oxygen atoms in total. The van der Waals surface area contributed by atoms with Crippen LogP contribution in [0.2, 0.25) is 0 Å². The Labute approximate surface area is 102 Å². The largest absolute Gasteiger partial charge is 0.352 e. The van der Waals surface area contributed by atoms with Gasteiger partial charge in [0, 0.05) is 17.2 Å². The number of aromatic nitrogens is 1. The van der Waals surface area contributed by atoms with E-state index in [1.165, 1.54) is 12.8 Å². The molecule has 0 saturated heterocycles. The average molecular weight is 285 g/mol. The van der Waals surface area contributed by atoms with Gasteiger partial charge in [0.2, 0.25) is 0 Å². The summed E-state index contributed by atoms with van der Waals surface area (Å²) in [6.07, 6.45) is 4.00. The maximum absolute atomic E-state index is 11.8. The number of hydrazine groups is 1. The van der Waals surface area contributed by atoms with Gasteiger partial charge in [-0.25, -0.2) is 10.8 Å². The smallest absolute Gasteiger partial charge is 0.255 e. The second-order valence-corrected chi connectivity index (χ2v) is 4.76. The van der Waals surface area contributed by atoms with Crippen molar-refractivity contribution in [1.82, 2.24) is 10.3 Å². The lowest BCUT2D eigenvalue weighted by atomic mass is 10.2. The number of nitrogen functional groups attached to an aromatic ring is 1. The quantitative estimate of drug-likeness (QED) is 0.575. The third kappa shape index (κ3) is 2.70. The zero-order valence-corrected chi connectivity index (χ0v) is 10.3. The van der Waals surface area contributed by atoms with E-state index in [1.807, 2.05) is 0 Å². The van der Waals surface area contributed by atoms with Crippen LogP contribution >= 0.6 is 15.9 Å². The van der Waals surface area contributed by atoms with Crippen LogP contribution in [-0.4, -0.2) is 17.4 Å². The molecule has 86 valence electrons. The van der Waals surface area contributed by atoms with E-state index in [2.05, 4.69) is 31.7 Å². The summed E-state index contributed by atoms with van der Waals surface area (Å²) in [5.74, 6) is 6.19. The van der Waals surface area contributed by atoms with Crippen LogP contribution in [0.25, 0.3) is 0 Å². The highest BCUT2D eigenvalue weighted by atomic mass is 79.9. The Hall–Kier alpha value is -1.14. The van der Waals surface area contributed by atoms with Crippen LogP contribution in [-0.2, 0) is 0 Å². The summed E-state index contributed by atoms with van der Waals surface area (Å²) in [4.78, 5) is 15.9. The molecule has 2 rings (SSSR count). The average Bonchev–Trinajstić information content (AvgIpc) is 3.09. The number of anilines is 1. The third-order valence-electron chi connectivity index (χ3n) is 2.48. The van der Waals surface area contributed by atoms with E-state index in [4.69, 9.17) is 5.84 Å². The van der Waals surface area contributed by atoms with Gasteiger partial charge in [-0.2, -0.15) is 0 Å². The highest BCUT2D eigenvalue weighted by Gasteiger charge is 2.22. The molecule has 1 heterocycles. The Kier molecular flexibility index (Phi) is 3.40. The molecule has 0 aromatic carbocycles. The molecule has 0 radical (unpaired) electrons. The van der Waals surface area contributed by atoms with Crippen molar-refractivity contribution in [3.05, 3.63) is 22.3 Å². The lowest BCUT2D eigenvalue weighted by Gasteiger charge is -2.08. The number of hydrogen-bond donors (Lipinski definition) is 3. The summed E-state index contributed by atoms with van der Waals surface area (Å²) in [5, 5.41) is 2.87. The molecule has 1 fully saturated rings. The predicted octanol–water partition coefficient (Wildman–Crippen LogP) is 1.27. The van der Waals surface area contributed by atoms with Crippen molar-refractivity contribution in [1.29, 1.82) is 0 Å². The number of pyridine rings is 1. The first-order chi connectivity index (χ1) is 7.70. The number of nitrogens with two attached hydrogens (primary N) is 1. The fourth-order valence-corrected chi connectivity index (χ4v) is 1.71. The minimum absolute atomic E-state index is 0.145. The Balaban J connectivity index is 2.09. The summed E-state index contributed by atoms with van der Waals surface area (Å²) in [6.45, 7) is 0.732. The van der Waals surface area contributed by atoms with Gasteiger partial charge >= 0.3 is 0 Å². The molecule has 6 heteroatoms. The zero-order valence-electron chi connectivity index (χ0n) is 8.66. The van der Waals surface area contributed by atoms with Crippen LogP contribution in [0.15, 0.2) is 16.7 Å². The molecule has 0 spiro atoms. The number of rotatable bonds is 4. The van der Waals surface area contributed by atoms with E-state index in [0.717, 1.165) is 11.0 Å². The van der Waals surface area contributed by atoms with Gasteiger partial charge in [-0.3, -0.25) is 4.79 Å². The summed E-state index contributed by atoms with van der Waals surface area (Å²) in [5.41, 5.74) is 2.87. The van der Waals surface area contributed by atoms with Crippen molar-refractivity contribution < 1.29 is 4.79 Å². The summed E-state index contributed by atoms with van der Waals surface area (Å²) < 4.78 is 0.753. The molecule has 1 amide bonds. The van der Waals surface area contributed by atoms with Gasteiger partial charge in [-0.1, -0.05) is 0 Å². The molecule has 1 aliphatic rings. The maximum Gasteiger partial charge on any atom is 0.255 e. The van der Waals surface area contributed by atoms with Crippen LogP contribution in [0.1, 0.15) is 23.2 Å². The van der Waals surface area contributed by atoms with E-state index >= 15 is 0 Å². The fraction of sp³-hybridized carbons (Fsp3) is 0.400. The minimum Gasteiger partial charge on any atom is -0.352 e. The van der Waals surface area contributed by atoms with Gasteiger partial charge in [0.25, 0.3) is 5.91 Å². The zero-order chi connectivity index (χ0) is 11.5. The van der Waals surface area contributed by atoms with Crippen LogP contribution < -0.4 is 16.6 Å². The predicted molar refractivity (Wildman–Crippen MR) is 64.8 cm³/mol. The molecule has 0 aliphatic heterocycles. The maximum atomic E-state index is 11.8. The van der Waals surface area contributed by atoms with E-state index in [-0.39, 0.29) is 5.91 Å². The highest BCUT2D eigenvalue weighted by molar-refractivity contribution is 9.10. The number of halogens is 1. The first-order valence-electron chi connectivity index (χ1n) is 5.11. The Bertz CT molecular complexity index is 406. The van der Waals surface area contributed by atoms with Crippen LogP contribution in [0.4, 0.5) is 5.82 Å². The van der Waals surface area contributed by atoms with Crippen molar-refractivity contribution >= 4 is 27.7 Å². The first-order valence-corrected chi connectivity index (χ1v) is 5.90. The lowest BCUT2D eigenvalue weighted by Crippen LogP contribution is -2.27. The molecule has 0 atom stereocenters. The molecule has 1 aromatic heterocycles. The number of carbonyl (C=O) groups is 1. The molecule has 1 aromatic rings. The number of carbonyl (C=O) groups excluding carboxylic acids is 1. The van der Waals surface area contributed by atoms with Crippen LogP contribution in [0.3, 0.4) is 0 Å². The Morgan fingerprint density at radius 2 is 2.38 bits per heavy atom. The monoisotopic (exact) mass is 284 g/mol. The van der Waals surface area contributed by atoms with Crippen LogP contribution in [0.5, 0.6) is 0 Å². The standard InChI is InChI=1S/C10H13BrN4O/c11-7-3-8(9(15-12)13-5-7)10(16)14-4-6-1-2-6/h3,5-6H,1-2,4,12H2,(H,13,15)(H,14,16). The van der Waals surface area contributed by atoms with Crippen molar-refractivity contribution in [3.63, 3.8) is 0 Å². The molecule has 1 aliphatic carbocycles. The molecule has 4 N–H and O–H groups in total. The minimum atomic E-state index is -0.145. The number of hydrogen-bond acceptors (Lipinski definition) is 4. The topological polar surface area (TPSA) is 80.0 Å². The van der Waals surface area contributed by atoms with E-state index < -0.39 is 0 Å². The van der Waals surface area contributed by atoms with E-state index in [9.17, 15) is 4.79 Å². The van der Waals surface area contributed by atoms with Gasteiger partial charge in [-0.05, 0) is 40.8 Å². The van der Waals surface area contributed by atoms with Crippen molar-refractivity contribution in [2.24, 2.45) is 11.8 Å². The second kappa shape index (κ2) is 4.80. The molecule has 1 saturated carbocycles. The Morgan fingerprint density at radius 1 is 1.62 bits per heavy atom. The number of amides is 1. The SMILES string of the molecule is NNc1ncc(Br)cc1C(=O)NCC1CC1. The molecule has 0 unspecified atom stereocenters. The van der Waals surface area contributed by atoms with Crippen molar-refractivity contribution in [3.8, 4) is 0 Å². The number of nitrogens with zero attached hydrogens (tertiary/aromatic N) is 1. The Morgan fingerprint density at radius 3 is 3.00 bits per heavy atom. The van der Waals surface area contributed by atoms with Gasteiger partial charge in [0.05, 0.1) is 5.56 Å². The van der Waals surface area contributed by atoms with Crippen molar-refractivity contribution in [2.45, 2.75) is 12.8 Å². The second-order valence-electron chi connectivity index (χ2n) is 3.85. The summed E-state index contributed by atoms with van der Waals surface area (Å²) in [6, 6.07) is 1.70.